The number of nitrogens with one attached hydrogen (secondary N) is 1. The number of hydrogen-bond acceptors (Lipinski definition) is 4. The molecule has 0 unspecified atom stereocenters. The number of carbonyl (C=O) groups is 3. The molecule has 3 rings (SSSR count). The molecular weight excluding hydrogens is 320 g/mol. The largest absolute Gasteiger partial charge is 0.492 e. The minimum Gasteiger partial charge on any atom is -0.492 e. The molecule has 1 saturated heterocycles. The molecule has 1 aliphatic heterocycles. The fraction of sp³-hybridized carbons (Fsp3) is 0.526. The quantitative estimate of drug-likeness (QED) is 0.604. The van der Waals surface area contributed by atoms with Gasteiger partial charge in [-0.15, -0.1) is 0 Å². The van der Waals surface area contributed by atoms with Gasteiger partial charge in [-0.2, -0.15) is 0 Å². The Labute approximate surface area is 147 Å². The molecule has 2 fully saturated rings. The van der Waals surface area contributed by atoms with Gasteiger partial charge in [-0.3, -0.25) is 19.3 Å². The summed E-state index contributed by atoms with van der Waals surface area (Å²) in [5, 5.41) is 2.76. The maximum Gasteiger partial charge on any atom is 0.233 e. The second-order valence-electron chi connectivity index (χ2n) is 6.59. The van der Waals surface area contributed by atoms with Crippen molar-refractivity contribution < 1.29 is 19.1 Å². The summed E-state index contributed by atoms with van der Waals surface area (Å²) in [5.41, 5.74) is 0. The number of amides is 3. The predicted octanol–water partition coefficient (Wildman–Crippen LogP) is 1.75. The lowest BCUT2D eigenvalue weighted by Crippen LogP contribution is -2.36. The van der Waals surface area contributed by atoms with Crippen molar-refractivity contribution in [2.24, 2.45) is 11.8 Å². The number of imide groups is 1. The number of para-hydroxylation sites is 1. The smallest absolute Gasteiger partial charge is 0.233 e. The molecule has 0 spiro atoms. The number of hydrogen-bond donors (Lipinski definition) is 1. The van der Waals surface area contributed by atoms with E-state index in [0.29, 0.717) is 13.2 Å². The van der Waals surface area contributed by atoms with Gasteiger partial charge in [0.05, 0.1) is 18.4 Å². The van der Waals surface area contributed by atoms with Crippen LogP contribution in [0, 0.1) is 11.8 Å². The summed E-state index contributed by atoms with van der Waals surface area (Å²) in [6.45, 7) is 0.943. The van der Waals surface area contributed by atoms with Gasteiger partial charge in [0, 0.05) is 13.0 Å². The number of likely N-dealkylation sites (tertiary alicyclic amines) is 1. The van der Waals surface area contributed by atoms with E-state index in [-0.39, 0.29) is 42.5 Å². The third-order valence-corrected chi connectivity index (χ3v) is 4.93. The summed E-state index contributed by atoms with van der Waals surface area (Å²) in [6.07, 6.45) is 3.76. The second kappa shape index (κ2) is 8.14. The van der Waals surface area contributed by atoms with Crippen molar-refractivity contribution >= 4 is 17.7 Å². The number of benzene rings is 1. The fourth-order valence-electron chi connectivity index (χ4n) is 3.63. The molecule has 0 radical (unpaired) electrons. The van der Waals surface area contributed by atoms with Crippen LogP contribution in [-0.4, -0.2) is 42.3 Å². The average Bonchev–Trinajstić information content (AvgIpc) is 2.89. The van der Waals surface area contributed by atoms with Gasteiger partial charge in [0.15, 0.2) is 0 Å². The highest BCUT2D eigenvalue weighted by Gasteiger charge is 2.47. The second-order valence-corrected chi connectivity index (χ2v) is 6.59. The summed E-state index contributed by atoms with van der Waals surface area (Å²) in [4.78, 5) is 37.9. The van der Waals surface area contributed by atoms with Gasteiger partial charge < -0.3 is 10.1 Å². The van der Waals surface area contributed by atoms with E-state index >= 15 is 0 Å². The molecule has 0 bridgehead atoms. The SMILES string of the molecule is O=C(CCN1C(=O)[C@H]2CCCC[C@H]2C1=O)NCCOc1ccccc1. The monoisotopic (exact) mass is 344 g/mol. The van der Waals surface area contributed by atoms with E-state index in [4.69, 9.17) is 4.74 Å². The van der Waals surface area contributed by atoms with Crippen LogP contribution < -0.4 is 10.1 Å². The molecule has 6 nitrogen and oxygen atoms in total. The van der Waals surface area contributed by atoms with Crippen LogP contribution in [0.25, 0.3) is 0 Å². The zero-order chi connectivity index (χ0) is 17.6. The van der Waals surface area contributed by atoms with E-state index in [1.807, 2.05) is 30.3 Å². The van der Waals surface area contributed by atoms with Gasteiger partial charge in [-0.05, 0) is 25.0 Å². The van der Waals surface area contributed by atoms with E-state index in [0.717, 1.165) is 31.4 Å². The fourth-order valence-corrected chi connectivity index (χ4v) is 3.63. The van der Waals surface area contributed by atoms with Crippen molar-refractivity contribution in [2.45, 2.75) is 32.1 Å². The molecule has 2 atom stereocenters. The molecule has 1 saturated carbocycles. The van der Waals surface area contributed by atoms with Gasteiger partial charge in [0.2, 0.25) is 17.7 Å². The highest BCUT2D eigenvalue weighted by Crippen LogP contribution is 2.37. The number of nitrogens with zero attached hydrogens (tertiary/aromatic N) is 1. The van der Waals surface area contributed by atoms with Crippen molar-refractivity contribution in [3.63, 3.8) is 0 Å². The van der Waals surface area contributed by atoms with Crippen LogP contribution in [0.15, 0.2) is 30.3 Å². The average molecular weight is 344 g/mol. The Balaban J connectivity index is 1.37. The van der Waals surface area contributed by atoms with Crippen LogP contribution in [0.1, 0.15) is 32.1 Å². The number of ether oxygens (including phenoxy) is 1. The van der Waals surface area contributed by atoms with Gasteiger partial charge in [0.25, 0.3) is 0 Å². The lowest BCUT2D eigenvalue weighted by atomic mass is 9.81. The Kier molecular flexibility index (Phi) is 5.68. The van der Waals surface area contributed by atoms with E-state index in [9.17, 15) is 14.4 Å². The van der Waals surface area contributed by atoms with Crippen LogP contribution in [0.5, 0.6) is 5.75 Å². The first kappa shape index (κ1) is 17.5. The normalized spacial score (nSPS) is 22.6. The molecule has 25 heavy (non-hydrogen) atoms. The topological polar surface area (TPSA) is 75.7 Å². The molecule has 1 N–H and O–H groups in total. The zero-order valence-electron chi connectivity index (χ0n) is 14.3. The van der Waals surface area contributed by atoms with Crippen LogP contribution in [0.2, 0.25) is 0 Å². The van der Waals surface area contributed by atoms with Gasteiger partial charge in [0.1, 0.15) is 12.4 Å². The zero-order valence-corrected chi connectivity index (χ0v) is 14.3. The van der Waals surface area contributed by atoms with Crippen molar-refractivity contribution in [3.05, 3.63) is 30.3 Å². The Hall–Kier alpha value is -2.37. The number of fused-ring (bicyclic) bond motifs is 1. The van der Waals surface area contributed by atoms with Crippen LogP contribution in [0.4, 0.5) is 0 Å². The first-order chi connectivity index (χ1) is 12.2. The van der Waals surface area contributed by atoms with Crippen LogP contribution in [-0.2, 0) is 14.4 Å². The summed E-state index contributed by atoms with van der Waals surface area (Å²) < 4.78 is 5.50. The number of rotatable bonds is 7. The standard InChI is InChI=1S/C19H24N2O4/c22-17(20-11-13-25-14-6-2-1-3-7-14)10-12-21-18(23)15-8-4-5-9-16(15)19(21)24/h1-3,6-7,15-16H,4-5,8-13H2,(H,20,22)/t15-,16+. The molecule has 134 valence electrons. The molecule has 1 aliphatic carbocycles. The first-order valence-electron chi connectivity index (χ1n) is 8.96. The maximum absolute atomic E-state index is 12.3. The Morgan fingerprint density at radius 2 is 1.72 bits per heavy atom. The molecule has 1 heterocycles. The van der Waals surface area contributed by atoms with Crippen molar-refractivity contribution in [2.75, 3.05) is 19.7 Å². The van der Waals surface area contributed by atoms with E-state index in [2.05, 4.69) is 5.32 Å². The van der Waals surface area contributed by atoms with Crippen LogP contribution in [0.3, 0.4) is 0 Å². The molecule has 1 aromatic carbocycles. The third kappa shape index (κ3) is 4.18. The van der Waals surface area contributed by atoms with Crippen LogP contribution >= 0.6 is 0 Å². The summed E-state index contributed by atoms with van der Waals surface area (Å²) >= 11 is 0. The summed E-state index contributed by atoms with van der Waals surface area (Å²) in [6, 6.07) is 9.38. The van der Waals surface area contributed by atoms with Gasteiger partial charge in [-0.1, -0.05) is 31.0 Å². The Morgan fingerprint density at radius 3 is 2.36 bits per heavy atom. The van der Waals surface area contributed by atoms with Gasteiger partial charge in [-0.25, -0.2) is 0 Å². The van der Waals surface area contributed by atoms with Gasteiger partial charge >= 0.3 is 0 Å². The summed E-state index contributed by atoms with van der Waals surface area (Å²) in [5.74, 6) is 0.108. The van der Waals surface area contributed by atoms with Crippen molar-refractivity contribution in [3.8, 4) is 5.75 Å². The highest BCUT2D eigenvalue weighted by atomic mass is 16.5. The maximum atomic E-state index is 12.3. The van der Waals surface area contributed by atoms with Crippen molar-refractivity contribution in [1.29, 1.82) is 0 Å². The highest BCUT2D eigenvalue weighted by molar-refractivity contribution is 6.05. The molecule has 0 aromatic heterocycles. The molecular formula is C19H24N2O4. The third-order valence-electron chi connectivity index (χ3n) is 4.93. The Bertz CT molecular complexity index is 608. The molecule has 6 heteroatoms. The lowest BCUT2D eigenvalue weighted by molar-refractivity contribution is -0.140. The molecule has 1 aromatic rings. The number of carbonyl (C=O) groups excluding carboxylic acids is 3. The minimum atomic E-state index is -0.174. The van der Waals surface area contributed by atoms with Crippen molar-refractivity contribution in [1.82, 2.24) is 10.2 Å². The molecule has 3 amide bonds. The lowest BCUT2D eigenvalue weighted by Gasteiger charge is -2.19. The van der Waals surface area contributed by atoms with E-state index < -0.39 is 0 Å². The molecule has 2 aliphatic rings. The summed E-state index contributed by atoms with van der Waals surface area (Å²) in [7, 11) is 0. The minimum absolute atomic E-state index is 0.0880. The first-order valence-corrected chi connectivity index (χ1v) is 8.96. The Morgan fingerprint density at radius 1 is 1.08 bits per heavy atom. The predicted molar refractivity (Wildman–Crippen MR) is 91.7 cm³/mol. The van der Waals surface area contributed by atoms with E-state index in [1.54, 1.807) is 0 Å². The van der Waals surface area contributed by atoms with E-state index in [1.165, 1.54) is 4.90 Å².